The Morgan fingerprint density at radius 2 is 1.79 bits per heavy atom. The number of amides is 1. The van der Waals surface area contributed by atoms with Gasteiger partial charge in [-0.1, -0.05) is 27.2 Å². The Morgan fingerprint density at radius 1 is 1.17 bits per heavy atom. The Labute approximate surface area is 165 Å². The van der Waals surface area contributed by atoms with Crippen LogP contribution >= 0.6 is 24.0 Å². The molecule has 1 amide bonds. The van der Waals surface area contributed by atoms with Gasteiger partial charge in [-0.05, 0) is 25.7 Å². The number of carbonyl (C=O) groups excluding carboxylic acids is 1. The van der Waals surface area contributed by atoms with E-state index in [1.807, 2.05) is 6.92 Å². The summed E-state index contributed by atoms with van der Waals surface area (Å²) in [5, 5.41) is 6.58. The highest BCUT2D eigenvalue weighted by Gasteiger charge is 2.13. The number of halogens is 1. The van der Waals surface area contributed by atoms with Gasteiger partial charge in [-0.15, -0.1) is 24.0 Å². The van der Waals surface area contributed by atoms with E-state index in [-0.39, 0.29) is 42.5 Å². The van der Waals surface area contributed by atoms with Gasteiger partial charge in [0.2, 0.25) is 5.91 Å². The molecule has 7 heteroatoms. The fraction of sp³-hybridized carbons (Fsp3) is 0.882. The lowest BCUT2D eigenvalue weighted by molar-refractivity contribution is -0.127. The number of aliphatic imine (C=N–C) groups is 1. The number of ether oxygens (including phenoxy) is 1. The number of guanidine groups is 1. The van der Waals surface area contributed by atoms with Crippen LogP contribution in [-0.2, 0) is 9.53 Å². The van der Waals surface area contributed by atoms with Gasteiger partial charge in [-0.3, -0.25) is 4.79 Å². The molecule has 0 aromatic rings. The molecule has 0 spiro atoms. The van der Waals surface area contributed by atoms with Crippen molar-refractivity contribution in [3.63, 3.8) is 0 Å². The van der Waals surface area contributed by atoms with Crippen molar-refractivity contribution < 1.29 is 9.53 Å². The van der Waals surface area contributed by atoms with Crippen molar-refractivity contribution in [2.75, 3.05) is 40.3 Å². The van der Waals surface area contributed by atoms with Gasteiger partial charge in [-0.25, -0.2) is 4.99 Å². The first-order chi connectivity index (χ1) is 10.9. The molecule has 6 nitrogen and oxygen atoms in total. The molecule has 0 aliphatic carbocycles. The van der Waals surface area contributed by atoms with Gasteiger partial charge in [0.15, 0.2) is 5.96 Å². The van der Waals surface area contributed by atoms with Gasteiger partial charge in [0.05, 0.1) is 6.10 Å². The second-order valence-electron chi connectivity index (χ2n) is 6.19. The monoisotopic (exact) mass is 456 g/mol. The number of hydrogen-bond acceptors (Lipinski definition) is 3. The fourth-order valence-electron chi connectivity index (χ4n) is 2.00. The lowest BCUT2D eigenvalue weighted by Gasteiger charge is -2.21. The smallest absolute Gasteiger partial charge is 0.243 e. The summed E-state index contributed by atoms with van der Waals surface area (Å²) >= 11 is 0. The summed E-state index contributed by atoms with van der Waals surface area (Å²) < 4.78 is 5.75. The highest BCUT2D eigenvalue weighted by Crippen LogP contribution is 2.09. The molecule has 1 unspecified atom stereocenters. The molecular formula is C17H37IN4O2. The predicted molar refractivity (Wildman–Crippen MR) is 112 cm³/mol. The van der Waals surface area contributed by atoms with E-state index >= 15 is 0 Å². The van der Waals surface area contributed by atoms with Crippen LogP contribution in [0.1, 0.15) is 47.0 Å². The zero-order valence-corrected chi connectivity index (χ0v) is 18.6. The SMILES string of the molecule is CCCCNC(=NCC(=O)N(C)C)NCCC(OCC)C(C)C.I. The highest BCUT2D eigenvalue weighted by atomic mass is 127. The summed E-state index contributed by atoms with van der Waals surface area (Å²) in [6, 6.07) is 0. The Hall–Kier alpha value is -0.570. The van der Waals surface area contributed by atoms with E-state index in [4.69, 9.17) is 4.74 Å². The zero-order valence-electron chi connectivity index (χ0n) is 16.2. The van der Waals surface area contributed by atoms with Gasteiger partial charge < -0.3 is 20.3 Å². The van der Waals surface area contributed by atoms with Crippen LogP contribution in [0.2, 0.25) is 0 Å². The second-order valence-corrected chi connectivity index (χ2v) is 6.19. The minimum absolute atomic E-state index is 0. The van der Waals surface area contributed by atoms with E-state index in [0.29, 0.717) is 11.9 Å². The maximum absolute atomic E-state index is 11.7. The molecule has 144 valence electrons. The number of likely N-dealkylation sites (N-methyl/N-ethyl adjacent to an activating group) is 1. The second kappa shape index (κ2) is 15.9. The molecule has 2 N–H and O–H groups in total. The van der Waals surface area contributed by atoms with Crippen molar-refractivity contribution in [3.8, 4) is 0 Å². The number of nitrogens with zero attached hydrogens (tertiary/aromatic N) is 2. The molecule has 24 heavy (non-hydrogen) atoms. The number of nitrogens with one attached hydrogen (secondary N) is 2. The van der Waals surface area contributed by atoms with Crippen molar-refractivity contribution in [2.24, 2.45) is 10.9 Å². The highest BCUT2D eigenvalue weighted by molar-refractivity contribution is 14.0. The normalized spacial score (nSPS) is 12.5. The van der Waals surface area contributed by atoms with Crippen molar-refractivity contribution in [2.45, 2.75) is 53.1 Å². The van der Waals surface area contributed by atoms with Crippen LogP contribution in [0.4, 0.5) is 0 Å². The standard InChI is InChI=1S/C17H36N4O2.HI/c1-7-9-11-18-17(20-13-16(22)21(5)6)19-12-10-15(14(3)4)23-8-2;/h14-15H,7-13H2,1-6H3,(H2,18,19,20);1H. The van der Waals surface area contributed by atoms with Crippen LogP contribution in [0.5, 0.6) is 0 Å². The van der Waals surface area contributed by atoms with E-state index in [1.165, 1.54) is 0 Å². The van der Waals surface area contributed by atoms with Gasteiger partial charge >= 0.3 is 0 Å². The van der Waals surface area contributed by atoms with E-state index in [0.717, 1.165) is 39.0 Å². The summed E-state index contributed by atoms with van der Waals surface area (Å²) in [6.07, 6.45) is 3.36. The molecule has 0 saturated heterocycles. The molecule has 0 aliphatic rings. The molecule has 0 fully saturated rings. The molecule has 0 radical (unpaired) electrons. The third-order valence-corrected chi connectivity index (χ3v) is 3.54. The van der Waals surface area contributed by atoms with Crippen molar-refractivity contribution >= 4 is 35.8 Å². The van der Waals surface area contributed by atoms with E-state index in [9.17, 15) is 4.79 Å². The summed E-state index contributed by atoms with van der Waals surface area (Å²) in [6.45, 7) is 11.0. The first kappa shape index (κ1) is 25.7. The van der Waals surface area contributed by atoms with Crippen molar-refractivity contribution in [1.29, 1.82) is 0 Å². The van der Waals surface area contributed by atoms with Crippen LogP contribution in [0.25, 0.3) is 0 Å². The Morgan fingerprint density at radius 3 is 2.29 bits per heavy atom. The molecule has 0 heterocycles. The van der Waals surface area contributed by atoms with E-state index in [1.54, 1.807) is 19.0 Å². The average Bonchev–Trinajstić information content (AvgIpc) is 2.50. The minimum Gasteiger partial charge on any atom is -0.378 e. The Kier molecular flexibility index (Phi) is 17.0. The number of hydrogen-bond donors (Lipinski definition) is 2. The summed E-state index contributed by atoms with van der Waals surface area (Å²) in [5.74, 6) is 1.18. The molecule has 0 aromatic heterocycles. The van der Waals surface area contributed by atoms with Gasteiger partial charge in [-0.2, -0.15) is 0 Å². The average molecular weight is 456 g/mol. The summed E-state index contributed by atoms with van der Waals surface area (Å²) in [4.78, 5) is 17.6. The maximum Gasteiger partial charge on any atom is 0.243 e. The van der Waals surface area contributed by atoms with E-state index < -0.39 is 0 Å². The largest absolute Gasteiger partial charge is 0.378 e. The topological polar surface area (TPSA) is 66.0 Å². The molecular weight excluding hydrogens is 419 g/mol. The van der Waals surface area contributed by atoms with Crippen LogP contribution in [0, 0.1) is 5.92 Å². The number of carbonyl (C=O) groups is 1. The molecule has 1 atom stereocenters. The van der Waals surface area contributed by atoms with Crippen LogP contribution in [0.15, 0.2) is 4.99 Å². The Balaban J connectivity index is 0. The van der Waals surface area contributed by atoms with Crippen molar-refractivity contribution in [3.05, 3.63) is 0 Å². The number of unbranched alkanes of at least 4 members (excludes halogenated alkanes) is 1. The lowest BCUT2D eigenvalue weighted by atomic mass is 10.0. The third kappa shape index (κ3) is 12.8. The lowest BCUT2D eigenvalue weighted by Crippen LogP contribution is -2.40. The predicted octanol–water partition coefficient (Wildman–Crippen LogP) is 2.48. The van der Waals surface area contributed by atoms with Crippen LogP contribution in [0.3, 0.4) is 0 Å². The molecule has 0 bridgehead atoms. The number of rotatable bonds is 11. The third-order valence-electron chi connectivity index (χ3n) is 3.54. The molecule has 0 aliphatic heterocycles. The fourth-order valence-corrected chi connectivity index (χ4v) is 2.00. The first-order valence-electron chi connectivity index (χ1n) is 8.76. The maximum atomic E-state index is 11.7. The molecule has 0 rings (SSSR count). The quantitative estimate of drug-likeness (QED) is 0.217. The van der Waals surface area contributed by atoms with Crippen LogP contribution in [-0.4, -0.2) is 63.2 Å². The van der Waals surface area contributed by atoms with E-state index in [2.05, 4.69) is 36.4 Å². The Bertz CT molecular complexity index is 349. The summed E-state index contributed by atoms with van der Waals surface area (Å²) in [5.41, 5.74) is 0. The minimum atomic E-state index is -0.00374. The van der Waals surface area contributed by atoms with Gasteiger partial charge in [0.1, 0.15) is 6.54 Å². The van der Waals surface area contributed by atoms with Gasteiger partial charge in [0.25, 0.3) is 0 Å². The molecule has 0 aromatic carbocycles. The van der Waals surface area contributed by atoms with Crippen molar-refractivity contribution in [1.82, 2.24) is 15.5 Å². The van der Waals surface area contributed by atoms with Crippen LogP contribution < -0.4 is 10.6 Å². The zero-order chi connectivity index (χ0) is 17.7. The molecule has 0 saturated carbocycles. The van der Waals surface area contributed by atoms with Gasteiger partial charge in [0, 0.05) is 33.8 Å². The summed E-state index contributed by atoms with van der Waals surface area (Å²) in [7, 11) is 3.48. The first-order valence-corrected chi connectivity index (χ1v) is 8.76.